The van der Waals surface area contributed by atoms with Crippen LogP contribution >= 0.6 is 15.9 Å². The highest BCUT2D eigenvalue weighted by Crippen LogP contribution is 2.29. The van der Waals surface area contributed by atoms with Gasteiger partial charge in [-0.3, -0.25) is 14.9 Å². The van der Waals surface area contributed by atoms with Crippen LogP contribution in [0.1, 0.15) is 10.4 Å². The van der Waals surface area contributed by atoms with Crippen LogP contribution in [0.25, 0.3) is 0 Å². The molecular formula is C13H9BrN2O5. The lowest BCUT2D eigenvalue weighted by molar-refractivity contribution is -0.384. The number of carbonyl (C=O) groups is 1. The third kappa shape index (κ3) is 3.29. The van der Waals surface area contributed by atoms with Crippen molar-refractivity contribution in [2.75, 3.05) is 5.32 Å². The van der Waals surface area contributed by atoms with Crippen LogP contribution in [0.4, 0.5) is 11.4 Å². The van der Waals surface area contributed by atoms with Crippen molar-refractivity contribution in [1.82, 2.24) is 0 Å². The van der Waals surface area contributed by atoms with Gasteiger partial charge in [-0.2, -0.15) is 0 Å². The van der Waals surface area contributed by atoms with Crippen LogP contribution in [0.15, 0.2) is 40.9 Å². The van der Waals surface area contributed by atoms with Gasteiger partial charge in [0.25, 0.3) is 11.6 Å². The van der Waals surface area contributed by atoms with E-state index in [4.69, 9.17) is 0 Å². The lowest BCUT2D eigenvalue weighted by atomic mass is 10.2. The number of carbonyl (C=O) groups excluding carboxylic acids is 1. The zero-order chi connectivity index (χ0) is 15.6. The highest BCUT2D eigenvalue weighted by molar-refractivity contribution is 9.10. The quantitative estimate of drug-likeness (QED) is 0.446. The molecule has 0 aliphatic carbocycles. The van der Waals surface area contributed by atoms with Crippen LogP contribution in [0.2, 0.25) is 0 Å². The first-order valence-electron chi connectivity index (χ1n) is 5.66. The smallest absolute Gasteiger partial charge is 0.271 e. The molecule has 0 aromatic heterocycles. The van der Waals surface area contributed by atoms with Gasteiger partial charge < -0.3 is 15.5 Å². The molecule has 3 N–H and O–H groups in total. The molecule has 0 fully saturated rings. The molecule has 0 unspecified atom stereocenters. The van der Waals surface area contributed by atoms with Crippen LogP contribution < -0.4 is 5.32 Å². The third-order valence-electron chi connectivity index (χ3n) is 2.65. The second-order valence-electron chi connectivity index (χ2n) is 4.08. The maximum Gasteiger partial charge on any atom is 0.271 e. The molecule has 108 valence electrons. The Morgan fingerprint density at radius 2 is 1.86 bits per heavy atom. The molecule has 2 aromatic rings. The molecule has 0 radical (unpaired) electrons. The molecule has 0 atom stereocenters. The van der Waals surface area contributed by atoms with Gasteiger partial charge in [0.1, 0.15) is 11.5 Å². The van der Waals surface area contributed by atoms with E-state index in [1.54, 1.807) is 0 Å². The second-order valence-corrected chi connectivity index (χ2v) is 4.93. The largest absolute Gasteiger partial charge is 0.507 e. The number of amides is 1. The van der Waals surface area contributed by atoms with Gasteiger partial charge in [0.05, 0.1) is 15.1 Å². The first-order valence-corrected chi connectivity index (χ1v) is 6.45. The zero-order valence-electron chi connectivity index (χ0n) is 10.4. The molecule has 0 bridgehead atoms. The van der Waals surface area contributed by atoms with Gasteiger partial charge in [0, 0.05) is 17.7 Å². The van der Waals surface area contributed by atoms with E-state index in [1.807, 2.05) is 0 Å². The van der Waals surface area contributed by atoms with Gasteiger partial charge in [-0.05, 0) is 40.2 Å². The van der Waals surface area contributed by atoms with Crippen molar-refractivity contribution in [3.8, 4) is 11.5 Å². The van der Waals surface area contributed by atoms with Crippen LogP contribution in [0.3, 0.4) is 0 Å². The van der Waals surface area contributed by atoms with E-state index in [1.165, 1.54) is 18.2 Å². The SMILES string of the molecule is O=C(Nc1cc([N+](=O)[O-])ccc1O)c1ccc(Br)c(O)c1. The summed E-state index contributed by atoms with van der Waals surface area (Å²) in [6.07, 6.45) is 0. The van der Waals surface area contributed by atoms with Crippen LogP contribution in [-0.4, -0.2) is 21.0 Å². The summed E-state index contributed by atoms with van der Waals surface area (Å²) in [5.41, 5.74) is -0.208. The van der Waals surface area contributed by atoms with E-state index >= 15 is 0 Å². The fraction of sp³-hybridized carbons (Fsp3) is 0. The number of nitro groups is 1. The Hall–Kier alpha value is -2.61. The molecule has 0 heterocycles. The van der Waals surface area contributed by atoms with Gasteiger partial charge in [-0.1, -0.05) is 0 Å². The number of nitrogens with one attached hydrogen (secondary N) is 1. The minimum Gasteiger partial charge on any atom is -0.507 e. The van der Waals surface area contributed by atoms with Gasteiger partial charge in [-0.25, -0.2) is 0 Å². The first kappa shape index (κ1) is 14.8. The van der Waals surface area contributed by atoms with Gasteiger partial charge in [-0.15, -0.1) is 0 Å². The molecule has 2 rings (SSSR count). The molecular weight excluding hydrogens is 344 g/mol. The number of rotatable bonds is 3. The summed E-state index contributed by atoms with van der Waals surface area (Å²) in [4.78, 5) is 22.0. The molecule has 0 saturated heterocycles. The Kier molecular flexibility index (Phi) is 4.08. The van der Waals surface area contributed by atoms with Crippen molar-refractivity contribution in [3.63, 3.8) is 0 Å². The summed E-state index contributed by atoms with van der Waals surface area (Å²) >= 11 is 3.09. The summed E-state index contributed by atoms with van der Waals surface area (Å²) in [6, 6.07) is 7.45. The van der Waals surface area contributed by atoms with Gasteiger partial charge >= 0.3 is 0 Å². The van der Waals surface area contributed by atoms with Crippen molar-refractivity contribution in [3.05, 3.63) is 56.5 Å². The van der Waals surface area contributed by atoms with Crippen LogP contribution in [-0.2, 0) is 0 Å². The number of phenols is 2. The van der Waals surface area contributed by atoms with Crippen molar-refractivity contribution in [2.45, 2.75) is 0 Å². The Bertz CT molecular complexity index is 732. The molecule has 1 amide bonds. The molecule has 0 saturated carbocycles. The topological polar surface area (TPSA) is 113 Å². The van der Waals surface area contributed by atoms with E-state index in [0.29, 0.717) is 4.47 Å². The highest BCUT2D eigenvalue weighted by Gasteiger charge is 2.14. The van der Waals surface area contributed by atoms with Crippen LogP contribution in [0, 0.1) is 10.1 Å². The lowest BCUT2D eigenvalue weighted by Crippen LogP contribution is -2.12. The third-order valence-corrected chi connectivity index (χ3v) is 3.32. The van der Waals surface area contributed by atoms with E-state index in [2.05, 4.69) is 21.2 Å². The van der Waals surface area contributed by atoms with Crippen molar-refractivity contribution in [2.24, 2.45) is 0 Å². The first-order chi connectivity index (χ1) is 9.88. The Balaban J connectivity index is 2.28. The number of anilines is 1. The number of hydrogen-bond acceptors (Lipinski definition) is 5. The molecule has 7 nitrogen and oxygen atoms in total. The fourth-order valence-corrected chi connectivity index (χ4v) is 1.83. The maximum absolute atomic E-state index is 12.0. The average Bonchev–Trinajstić information content (AvgIpc) is 2.43. The zero-order valence-corrected chi connectivity index (χ0v) is 12.0. The van der Waals surface area contributed by atoms with Crippen molar-refractivity contribution < 1.29 is 19.9 Å². The number of nitro benzene ring substituents is 1. The van der Waals surface area contributed by atoms with E-state index < -0.39 is 10.8 Å². The van der Waals surface area contributed by atoms with E-state index in [0.717, 1.165) is 18.2 Å². The predicted molar refractivity (Wildman–Crippen MR) is 78.5 cm³/mol. The van der Waals surface area contributed by atoms with Crippen molar-refractivity contribution in [1.29, 1.82) is 0 Å². The Morgan fingerprint density at radius 1 is 1.14 bits per heavy atom. The molecule has 2 aromatic carbocycles. The van der Waals surface area contributed by atoms with Crippen LogP contribution in [0.5, 0.6) is 11.5 Å². The number of non-ortho nitro benzene ring substituents is 1. The average molecular weight is 353 g/mol. The number of hydrogen-bond donors (Lipinski definition) is 3. The predicted octanol–water partition coefficient (Wildman–Crippen LogP) is 3.02. The normalized spacial score (nSPS) is 10.1. The summed E-state index contributed by atoms with van der Waals surface area (Å²) in [5.74, 6) is -1.03. The number of phenolic OH excluding ortho intramolecular Hbond substituents is 2. The van der Waals surface area contributed by atoms with Crippen molar-refractivity contribution >= 4 is 33.2 Å². The fourth-order valence-electron chi connectivity index (χ4n) is 1.59. The number of halogens is 1. The number of benzene rings is 2. The maximum atomic E-state index is 12.0. The number of nitrogens with zero attached hydrogens (tertiary/aromatic N) is 1. The Morgan fingerprint density at radius 3 is 2.48 bits per heavy atom. The number of aromatic hydroxyl groups is 2. The molecule has 8 heteroatoms. The van der Waals surface area contributed by atoms with E-state index in [-0.39, 0.29) is 28.4 Å². The monoisotopic (exact) mass is 352 g/mol. The minimum absolute atomic E-state index is 0.0865. The summed E-state index contributed by atoms with van der Waals surface area (Å²) < 4.78 is 0.428. The van der Waals surface area contributed by atoms with Gasteiger partial charge in [0.15, 0.2) is 0 Å². The van der Waals surface area contributed by atoms with E-state index in [9.17, 15) is 25.1 Å². The molecule has 0 aliphatic heterocycles. The summed E-state index contributed by atoms with van der Waals surface area (Å²) in [7, 11) is 0. The minimum atomic E-state index is -0.638. The lowest BCUT2D eigenvalue weighted by Gasteiger charge is -2.08. The molecule has 21 heavy (non-hydrogen) atoms. The molecule has 0 aliphatic rings. The second kappa shape index (κ2) is 5.80. The molecule has 0 spiro atoms. The van der Waals surface area contributed by atoms with Gasteiger partial charge in [0.2, 0.25) is 0 Å². The summed E-state index contributed by atoms with van der Waals surface area (Å²) in [6.45, 7) is 0. The summed E-state index contributed by atoms with van der Waals surface area (Å²) in [5, 5.41) is 32.2. The Labute approximate surface area is 127 Å². The highest BCUT2D eigenvalue weighted by atomic mass is 79.9. The standard InChI is InChI=1S/C13H9BrN2O5/c14-9-3-1-7(5-12(9)18)13(19)15-10-6-8(16(20)21)2-4-11(10)17/h1-6,17-18H,(H,15,19).